The number of hydrazone groups is 1. The van der Waals surface area contributed by atoms with E-state index in [0.717, 1.165) is 0 Å². The summed E-state index contributed by atoms with van der Waals surface area (Å²) in [4.78, 5) is 39.3. The second kappa shape index (κ2) is 7.00. The number of piperazine rings is 1. The van der Waals surface area contributed by atoms with Crippen LogP contribution in [0.25, 0.3) is 0 Å². The number of carbonyl (C=O) groups excluding carboxylic acids is 3. The molecule has 1 saturated heterocycles. The standard InChI is InChI=1S/C16H17ClN4O3/c17-12-3-1-2-11(10-12)15(23)20-6-8-21(9-7-20)16(24)13-4-5-14(22)19-18-13/h1-3,10H,4-9H2,(H,19,22). The summed E-state index contributed by atoms with van der Waals surface area (Å²) in [5.74, 6) is -0.444. The number of hydrogen-bond acceptors (Lipinski definition) is 4. The number of amides is 3. The van der Waals surface area contributed by atoms with E-state index in [0.29, 0.717) is 48.9 Å². The molecule has 0 unspecified atom stereocenters. The van der Waals surface area contributed by atoms with E-state index < -0.39 is 0 Å². The van der Waals surface area contributed by atoms with Gasteiger partial charge in [0.1, 0.15) is 5.71 Å². The molecule has 126 valence electrons. The van der Waals surface area contributed by atoms with Crippen molar-refractivity contribution in [3.05, 3.63) is 34.9 Å². The highest BCUT2D eigenvalue weighted by Crippen LogP contribution is 2.15. The third-order valence-corrected chi connectivity index (χ3v) is 4.31. The van der Waals surface area contributed by atoms with E-state index >= 15 is 0 Å². The summed E-state index contributed by atoms with van der Waals surface area (Å²) in [5, 5.41) is 4.35. The lowest BCUT2D eigenvalue weighted by atomic mass is 10.1. The SMILES string of the molecule is O=C1CCC(C(=O)N2CCN(C(=O)c3cccc(Cl)c3)CC2)=NN1. The van der Waals surface area contributed by atoms with Crippen molar-refractivity contribution >= 4 is 35.0 Å². The fourth-order valence-electron chi connectivity index (χ4n) is 2.73. The molecule has 7 nitrogen and oxygen atoms in total. The Kier molecular flexibility index (Phi) is 4.80. The molecule has 1 aromatic carbocycles. The van der Waals surface area contributed by atoms with Crippen LogP contribution in [0.4, 0.5) is 0 Å². The Labute approximate surface area is 144 Å². The van der Waals surface area contributed by atoms with E-state index in [9.17, 15) is 14.4 Å². The lowest BCUT2D eigenvalue weighted by Crippen LogP contribution is -2.52. The van der Waals surface area contributed by atoms with Crippen LogP contribution in [0.1, 0.15) is 23.2 Å². The van der Waals surface area contributed by atoms with Crippen LogP contribution in [-0.4, -0.2) is 59.4 Å². The van der Waals surface area contributed by atoms with E-state index in [1.165, 1.54) is 0 Å². The van der Waals surface area contributed by atoms with Crippen molar-refractivity contribution < 1.29 is 14.4 Å². The molecule has 24 heavy (non-hydrogen) atoms. The second-order valence-electron chi connectivity index (χ2n) is 5.69. The highest BCUT2D eigenvalue weighted by molar-refractivity contribution is 6.39. The smallest absolute Gasteiger partial charge is 0.270 e. The summed E-state index contributed by atoms with van der Waals surface area (Å²) in [6, 6.07) is 6.83. The topological polar surface area (TPSA) is 82.1 Å². The maximum Gasteiger partial charge on any atom is 0.270 e. The van der Waals surface area contributed by atoms with Crippen molar-refractivity contribution in [2.45, 2.75) is 12.8 Å². The van der Waals surface area contributed by atoms with Gasteiger partial charge in [0.2, 0.25) is 5.91 Å². The number of rotatable bonds is 2. The Morgan fingerprint density at radius 1 is 1.04 bits per heavy atom. The molecule has 1 N–H and O–H groups in total. The maximum absolute atomic E-state index is 12.5. The van der Waals surface area contributed by atoms with Crippen molar-refractivity contribution in [3.63, 3.8) is 0 Å². The minimum Gasteiger partial charge on any atom is -0.335 e. The molecule has 8 heteroatoms. The average molecular weight is 349 g/mol. The van der Waals surface area contributed by atoms with Gasteiger partial charge in [0.25, 0.3) is 11.8 Å². The predicted octanol–water partition coefficient (Wildman–Crippen LogP) is 0.890. The molecule has 3 amide bonds. The van der Waals surface area contributed by atoms with Gasteiger partial charge in [0.15, 0.2) is 0 Å². The van der Waals surface area contributed by atoms with Crippen molar-refractivity contribution in [2.24, 2.45) is 5.10 Å². The molecule has 1 aromatic rings. The van der Waals surface area contributed by atoms with Crippen LogP contribution in [0.5, 0.6) is 0 Å². The molecule has 2 heterocycles. The van der Waals surface area contributed by atoms with Crippen LogP contribution in [0.15, 0.2) is 29.4 Å². The number of benzene rings is 1. The summed E-state index contributed by atoms with van der Waals surface area (Å²) in [6.07, 6.45) is 0.629. The van der Waals surface area contributed by atoms with Gasteiger partial charge in [0.05, 0.1) is 0 Å². The number of halogens is 1. The Morgan fingerprint density at radius 2 is 1.71 bits per heavy atom. The first-order valence-corrected chi connectivity index (χ1v) is 8.12. The zero-order valence-electron chi connectivity index (χ0n) is 13.0. The highest BCUT2D eigenvalue weighted by Gasteiger charge is 2.28. The Morgan fingerprint density at radius 3 is 2.29 bits per heavy atom. The Hall–Kier alpha value is -2.41. The molecule has 0 radical (unpaired) electrons. The third kappa shape index (κ3) is 3.56. The summed E-state index contributed by atoms with van der Waals surface area (Å²) < 4.78 is 0. The monoisotopic (exact) mass is 348 g/mol. The molecule has 1 fully saturated rings. The van der Waals surface area contributed by atoms with Crippen LogP contribution >= 0.6 is 11.6 Å². The Balaban J connectivity index is 1.58. The number of carbonyl (C=O) groups is 3. The summed E-state index contributed by atoms with van der Waals surface area (Å²) in [6.45, 7) is 1.80. The van der Waals surface area contributed by atoms with Crippen molar-refractivity contribution in [1.82, 2.24) is 15.2 Å². The van der Waals surface area contributed by atoms with Crippen LogP contribution in [0.2, 0.25) is 5.02 Å². The summed E-state index contributed by atoms with van der Waals surface area (Å²) in [5.41, 5.74) is 3.24. The normalized spacial score (nSPS) is 18.0. The van der Waals surface area contributed by atoms with E-state index in [1.54, 1.807) is 34.1 Å². The van der Waals surface area contributed by atoms with Crippen molar-refractivity contribution in [3.8, 4) is 0 Å². The van der Waals surface area contributed by atoms with Gasteiger partial charge in [-0.15, -0.1) is 0 Å². The van der Waals surface area contributed by atoms with E-state index in [4.69, 9.17) is 11.6 Å². The van der Waals surface area contributed by atoms with Gasteiger partial charge in [-0.25, -0.2) is 5.43 Å². The van der Waals surface area contributed by atoms with Crippen LogP contribution in [0, 0.1) is 0 Å². The van der Waals surface area contributed by atoms with Gasteiger partial charge in [-0.3, -0.25) is 14.4 Å². The first-order valence-electron chi connectivity index (χ1n) is 7.74. The first kappa shape index (κ1) is 16.4. The van der Waals surface area contributed by atoms with Crippen LogP contribution in [0.3, 0.4) is 0 Å². The molecule has 0 aromatic heterocycles. The largest absolute Gasteiger partial charge is 0.335 e. The molecule has 0 aliphatic carbocycles. The first-order chi connectivity index (χ1) is 11.5. The molecule has 0 atom stereocenters. The van der Waals surface area contributed by atoms with Crippen molar-refractivity contribution in [1.29, 1.82) is 0 Å². The lowest BCUT2D eigenvalue weighted by Gasteiger charge is -2.35. The van der Waals surface area contributed by atoms with Gasteiger partial charge in [-0.05, 0) is 18.2 Å². The quantitative estimate of drug-likeness (QED) is 0.861. The molecular weight excluding hydrogens is 332 g/mol. The van der Waals surface area contributed by atoms with Gasteiger partial charge in [-0.2, -0.15) is 5.10 Å². The van der Waals surface area contributed by atoms with Gasteiger partial charge in [0, 0.05) is 49.6 Å². The van der Waals surface area contributed by atoms with Crippen molar-refractivity contribution in [2.75, 3.05) is 26.2 Å². The molecule has 2 aliphatic rings. The second-order valence-corrected chi connectivity index (χ2v) is 6.12. The highest BCUT2D eigenvalue weighted by atomic mass is 35.5. The zero-order chi connectivity index (χ0) is 17.1. The van der Waals surface area contributed by atoms with E-state index in [2.05, 4.69) is 10.5 Å². The molecular formula is C16H17ClN4O3. The minimum atomic E-state index is -0.177. The van der Waals surface area contributed by atoms with Gasteiger partial charge in [-0.1, -0.05) is 17.7 Å². The molecule has 0 saturated carbocycles. The fourth-order valence-corrected chi connectivity index (χ4v) is 2.92. The Bertz CT molecular complexity index is 711. The van der Waals surface area contributed by atoms with Gasteiger partial charge < -0.3 is 9.80 Å². The number of hydrogen-bond donors (Lipinski definition) is 1. The van der Waals surface area contributed by atoms with E-state index in [1.807, 2.05) is 0 Å². The average Bonchev–Trinajstić information content (AvgIpc) is 2.61. The number of nitrogens with one attached hydrogen (secondary N) is 1. The molecule has 2 aliphatic heterocycles. The summed E-state index contributed by atoms with van der Waals surface area (Å²) in [7, 11) is 0. The lowest BCUT2D eigenvalue weighted by molar-refractivity contribution is -0.126. The van der Waals surface area contributed by atoms with Crippen LogP contribution < -0.4 is 5.43 Å². The van der Waals surface area contributed by atoms with E-state index in [-0.39, 0.29) is 24.1 Å². The molecule has 3 rings (SSSR count). The minimum absolute atomic E-state index is 0.0909. The molecule has 0 spiro atoms. The fraction of sp³-hybridized carbons (Fsp3) is 0.375. The maximum atomic E-state index is 12.5. The summed E-state index contributed by atoms with van der Waals surface area (Å²) >= 11 is 5.92. The third-order valence-electron chi connectivity index (χ3n) is 4.08. The predicted molar refractivity (Wildman–Crippen MR) is 88.7 cm³/mol. The van der Waals surface area contributed by atoms with Gasteiger partial charge >= 0.3 is 0 Å². The zero-order valence-corrected chi connectivity index (χ0v) is 13.8. The molecule has 0 bridgehead atoms. The van der Waals surface area contributed by atoms with Crippen LogP contribution in [-0.2, 0) is 9.59 Å². The number of nitrogens with zero attached hydrogens (tertiary/aromatic N) is 3.